The molecule has 2 N–H and O–H groups in total. The fourth-order valence-corrected chi connectivity index (χ4v) is 5.18. The topological polar surface area (TPSA) is 71.1 Å². The van der Waals surface area contributed by atoms with Gasteiger partial charge in [-0.15, -0.1) is 22.7 Å². The van der Waals surface area contributed by atoms with Gasteiger partial charge in [0.2, 0.25) is 0 Å². The molecule has 2 aromatic rings. The molecule has 0 bridgehead atoms. The Labute approximate surface area is 132 Å². The molecule has 0 aromatic carbocycles. The molecule has 1 fully saturated rings. The van der Waals surface area contributed by atoms with Crippen LogP contribution in [0, 0.1) is 0 Å². The van der Waals surface area contributed by atoms with Gasteiger partial charge in [0.25, 0.3) is 10.0 Å². The van der Waals surface area contributed by atoms with Crippen molar-refractivity contribution < 1.29 is 8.42 Å². The van der Waals surface area contributed by atoms with Crippen LogP contribution in [-0.4, -0.2) is 19.9 Å². The predicted molar refractivity (Wildman–Crippen MR) is 86.6 cm³/mol. The van der Waals surface area contributed by atoms with Crippen LogP contribution in [0.1, 0.15) is 36.9 Å². The average molecular weight is 343 g/mol. The normalized spacial score (nSPS) is 15.3. The summed E-state index contributed by atoms with van der Waals surface area (Å²) in [6, 6.07) is 1.71. The lowest BCUT2D eigenvalue weighted by molar-refractivity contribution is 0.603. The molecular weight excluding hydrogens is 326 g/mol. The van der Waals surface area contributed by atoms with E-state index >= 15 is 0 Å². The highest BCUT2D eigenvalue weighted by atomic mass is 32.2. The average Bonchev–Trinajstić information content (AvgIpc) is 3.00. The Balaban J connectivity index is 1.71. The quantitative estimate of drug-likeness (QED) is 0.811. The monoisotopic (exact) mass is 343 g/mol. The molecule has 21 heavy (non-hydrogen) atoms. The van der Waals surface area contributed by atoms with Crippen molar-refractivity contribution >= 4 is 37.8 Å². The maximum absolute atomic E-state index is 12.3. The summed E-state index contributed by atoms with van der Waals surface area (Å²) in [5, 5.41) is 7.45. The van der Waals surface area contributed by atoms with Crippen molar-refractivity contribution in [3.8, 4) is 0 Å². The van der Waals surface area contributed by atoms with E-state index in [2.05, 4.69) is 15.0 Å². The van der Waals surface area contributed by atoms with Gasteiger partial charge in [-0.1, -0.05) is 6.92 Å². The lowest BCUT2D eigenvalue weighted by Gasteiger charge is -2.02. The van der Waals surface area contributed by atoms with Crippen LogP contribution < -0.4 is 10.0 Å². The van der Waals surface area contributed by atoms with Crippen LogP contribution in [-0.2, 0) is 16.6 Å². The Morgan fingerprint density at radius 2 is 2.14 bits per heavy atom. The Morgan fingerprint density at radius 3 is 2.86 bits per heavy atom. The molecule has 5 nitrogen and oxygen atoms in total. The molecule has 1 aliphatic rings. The van der Waals surface area contributed by atoms with E-state index in [0.29, 0.717) is 21.8 Å². The van der Waals surface area contributed by atoms with Gasteiger partial charge in [0.05, 0.1) is 5.69 Å². The first-order valence-corrected chi connectivity index (χ1v) is 10.1. The van der Waals surface area contributed by atoms with E-state index in [1.807, 2.05) is 17.7 Å². The number of hydrogen-bond donors (Lipinski definition) is 2. The summed E-state index contributed by atoms with van der Waals surface area (Å²) in [6.07, 6.45) is 2.32. The first-order valence-electron chi connectivity index (χ1n) is 6.85. The molecule has 0 aliphatic heterocycles. The minimum absolute atomic E-state index is 0.332. The molecule has 2 heterocycles. The Morgan fingerprint density at radius 1 is 1.33 bits per heavy atom. The van der Waals surface area contributed by atoms with Crippen LogP contribution in [0.2, 0.25) is 0 Å². The van der Waals surface area contributed by atoms with Gasteiger partial charge in [-0.05, 0) is 36.4 Å². The molecule has 2 aromatic heterocycles. The number of nitrogens with one attached hydrogen (secondary N) is 2. The molecule has 8 heteroatoms. The molecule has 1 aliphatic carbocycles. The molecule has 0 radical (unpaired) electrons. The maximum Gasteiger partial charge on any atom is 0.273 e. The first kappa shape index (κ1) is 15.0. The number of nitrogens with zero attached hydrogens (tertiary/aromatic N) is 1. The van der Waals surface area contributed by atoms with Crippen molar-refractivity contribution in [1.82, 2.24) is 10.3 Å². The summed E-state index contributed by atoms with van der Waals surface area (Å²) in [6.45, 7) is 3.57. The number of thiazole rings is 1. The highest BCUT2D eigenvalue weighted by Gasteiger charge is 2.27. The van der Waals surface area contributed by atoms with Crippen LogP contribution >= 0.6 is 22.7 Å². The summed E-state index contributed by atoms with van der Waals surface area (Å²) < 4.78 is 27.6. The van der Waals surface area contributed by atoms with E-state index in [-0.39, 0.29) is 0 Å². The van der Waals surface area contributed by atoms with Gasteiger partial charge in [0, 0.05) is 17.8 Å². The second-order valence-electron chi connectivity index (χ2n) is 5.01. The largest absolute Gasteiger partial charge is 0.313 e. The van der Waals surface area contributed by atoms with Gasteiger partial charge >= 0.3 is 0 Å². The smallest absolute Gasteiger partial charge is 0.273 e. The number of rotatable bonds is 7. The minimum Gasteiger partial charge on any atom is -0.313 e. The summed E-state index contributed by atoms with van der Waals surface area (Å²) in [5.74, 6) is 0.535. The molecule has 0 saturated heterocycles. The number of thiophene rings is 1. The second kappa shape index (κ2) is 6.04. The van der Waals surface area contributed by atoms with Crippen LogP contribution in [0.3, 0.4) is 0 Å². The van der Waals surface area contributed by atoms with Gasteiger partial charge in [-0.2, -0.15) is 0 Å². The van der Waals surface area contributed by atoms with Gasteiger partial charge in [-0.25, -0.2) is 13.4 Å². The molecule has 114 valence electrons. The third kappa shape index (κ3) is 3.63. The van der Waals surface area contributed by atoms with Crippen molar-refractivity contribution in [3.63, 3.8) is 0 Å². The van der Waals surface area contributed by atoms with Crippen LogP contribution in [0.25, 0.3) is 0 Å². The van der Waals surface area contributed by atoms with Crippen molar-refractivity contribution in [2.75, 3.05) is 11.3 Å². The maximum atomic E-state index is 12.3. The van der Waals surface area contributed by atoms with Crippen molar-refractivity contribution in [1.29, 1.82) is 0 Å². The summed E-state index contributed by atoms with van der Waals surface area (Å²) in [4.78, 5) is 4.36. The molecule has 0 unspecified atom stereocenters. The van der Waals surface area contributed by atoms with Gasteiger partial charge < -0.3 is 5.32 Å². The second-order valence-corrected chi connectivity index (χ2v) is 8.69. The van der Waals surface area contributed by atoms with Crippen LogP contribution in [0.15, 0.2) is 21.0 Å². The molecule has 0 spiro atoms. The Kier molecular flexibility index (Phi) is 4.30. The van der Waals surface area contributed by atoms with Crippen LogP contribution in [0.5, 0.6) is 0 Å². The number of aromatic nitrogens is 1. The standard InChI is InChI=1S/C13H17N3O2S3/c1-2-14-6-9-5-12(19-7-9)21(17,18)16-13-15-11(8-20-13)10-3-4-10/h5,7-8,10,14H,2-4,6H2,1H3,(H,15,16). The fraction of sp³-hybridized carbons (Fsp3) is 0.462. The van der Waals surface area contributed by atoms with E-state index in [9.17, 15) is 8.42 Å². The highest BCUT2D eigenvalue weighted by molar-refractivity contribution is 7.94. The van der Waals surface area contributed by atoms with E-state index in [4.69, 9.17) is 0 Å². The predicted octanol–water partition coefficient (Wildman–Crippen LogP) is 2.99. The van der Waals surface area contributed by atoms with E-state index in [1.165, 1.54) is 22.7 Å². The third-order valence-corrected chi connectivity index (χ3v) is 6.95. The van der Waals surface area contributed by atoms with Gasteiger partial charge in [-0.3, -0.25) is 4.72 Å². The number of anilines is 1. The van der Waals surface area contributed by atoms with Crippen molar-refractivity contribution in [2.24, 2.45) is 0 Å². The molecule has 3 rings (SSSR count). The zero-order chi connectivity index (χ0) is 14.9. The van der Waals surface area contributed by atoms with Gasteiger partial charge in [0.15, 0.2) is 5.13 Å². The number of hydrogen-bond acceptors (Lipinski definition) is 6. The summed E-state index contributed by atoms with van der Waals surface area (Å²) in [7, 11) is -3.52. The zero-order valence-electron chi connectivity index (χ0n) is 11.6. The van der Waals surface area contributed by atoms with Crippen molar-refractivity contribution in [3.05, 3.63) is 28.1 Å². The SMILES string of the molecule is CCNCc1csc(S(=O)(=O)Nc2nc(C3CC3)cs2)c1. The third-order valence-electron chi connectivity index (χ3n) is 3.21. The summed E-state index contributed by atoms with van der Waals surface area (Å²) >= 11 is 2.59. The summed E-state index contributed by atoms with van der Waals surface area (Å²) in [5.41, 5.74) is 2.00. The first-order chi connectivity index (χ1) is 10.1. The minimum atomic E-state index is -3.52. The lowest BCUT2D eigenvalue weighted by atomic mass is 10.3. The van der Waals surface area contributed by atoms with E-state index in [1.54, 1.807) is 6.07 Å². The van der Waals surface area contributed by atoms with Crippen molar-refractivity contribution in [2.45, 2.75) is 36.4 Å². The van der Waals surface area contributed by atoms with Gasteiger partial charge in [0.1, 0.15) is 4.21 Å². The fourth-order valence-electron chi connectivity index (χ4n) is 1.92. The van der Waals surface area contributed by atoms with E-state index in [0.717, 1.165) is 30.6 Å². The molecule has 0 atom stereocenters. The molecule has 0 amide bonds. The Hall–Kier alpha value is -0.960. The molecule has 1 saturated carbocycles. The molecular formula is C13H17N3O2S3. The lowest BCUT2D eigenvalue weighted by Crippen LogP contribution is -2.12. The highest BCUT2D eigenvalue weighted by Crippen LogP contribution is 2.41. The Bertz CT molecular complexity index is 717. The zero-order valence-corrected chi connectivity index (χ0v) is 14.1. The van der Waals surface area contributed by atoms with Crippen LogP contribution in [0.4, 0.5) is 5.13 Å². The van der Waals surface area contributed by atoms with E-state index < -0.39 is 10.0 Å². The number of sulfonamides is 1.